The van der Waals surface area contributed by atoms with Gasteiger partial charge in [0.25, 0.3) is 0 Å². The molecule has 0 heterocycles. The summed E-state index contributed by atoms with van der Waals surface area (Å²) < 4.78 is 0. The van der Waals surface area contributed by atoms with Crippen molar-refractivity contribution < 1.29 is 4.79 Å². The molecule has 4 nitrogen and oxygen atoms in total. The number of aryl methyl sites for hydroxylation is 1. The Hall–Kier alpha value is -1.59. The lowest BCUT2D eigenvalue weighted by Crippen LogP contribution is -2.40. The normalized spacial score (nSPS) is 13.1. The van der Waals surface area contributed by atoms with Gasteiger partial charge in [-0.15, -0.1) is 11.8 Å². The molecule has 1 N–H and O–H groups in total. The molecule has 0 aliphatic heterocycles. The largest absolute Gasteiger partial charge is 0.353 e. The Morgan fingerprint density at radius 2 is 1.94 bits per heavy atom. The summed E-state index contributed by atoms with van der Waals surface area (Å²) in [7, 11) is 0. The van der Waals surface area contributed by atoms with Crippen LogP contribution < -0.4 is 5.32 Å². The molecule has 1 amide bonds. The van der Waals surface area contributed by atoms with E-state index in [2.05, 4.69) is 75.3 Å². The number of rotatable bonds is 16. The minimum atomic E-state index is 0.144. The summed E-state index contributed by atoms with van der Waals surface area (Å²) >= 11 is 1.76. The fourth-order valence-corrected chi connectivity index (χ4v) is 4.56. The van der Waals surface area contributed by atoms with E-state index in [1.165, 1.54) is 11.1 Å². The summed E-state index contributed by atoms with van der Waals surface area (Å²) in [5, 5.41) is 3.29. The first kappa shape index (κ1) is 27.4. The number of likely N-dealkylation sites (N-methyl/N-ethyl adjacent to an activating group) is 1. The zero-order valence-corrected chi connectivity index (χ0v) is 21.2. The average molecular weight is 446 g/mol. The lowest BCUT2D eigenvalue weighted by atomic mass is 9.93. The topological polar surface area (TPSA) is 44.7 Å². The Balaban J connectivity index is 2.53. The highest BCUT2D eigenvalue weighted by Crippen LogP contribution is 2.31. The van der Waals surface area contributed by atoms with E-state index in [9.17, 15) is 4.79 Å². The SMILES string of the molecule is C=Nc1ccc(CC)cc1SCCCC(=O)NC(CC(=C)CN(CC)CC)C(C)CC. The van der Waals surface area contributed by atoms with E-state index in [0.717, 1.165) is 61.7 Å². The van der Waals surface area contributed by atoms with Gasteiger partial charge in [-0.3, -0.25) is 14.7 Å². The van der Waals surface area contributed by atoms with Gasteiger partial charge in [0.15, 0.2) is 0 Å². The quantitative estimate of drug-likeness (QED) is 0.141. The van der Waals surface area contributed by atoms with Gasteiger partial charge in [-0.2, -0.15) is 0 Å². The summed E-state index contributed by atoms with van der Waals surface area (Å²) in [5.41, 5.74) is 3.43. The van der Waals surface area contributed by atoms with Gasteiger partial charge in [0.1, 0.15) is 0 Å². The van der Waals surface area contributed by atoms with E-state index in [0.29, 0.717) is 12.3 Å². The number of amides is 1. The molecule has 0 bridgehead atoms. The fraction of sp³-hybridized carbons (Fsp3) is 0.615. The molecule has 1 aromatic carbocycles. The molecule has 0 saturated carbocycles. The molecule has 0 radical (unpaired) electrons. The van der Waals surface area contributed by atoms with Crippen LogP contribution in [-0.4, -0.2) is 49.0 Å². The molecule has 1 rings (SSSR count). The van der Waals surface area contributed by atoms with E-state index in [1.54, 1.807) is 11.8 Å². The second-order valence-corrected chi connectivity index (χ2v) is 9.38. The minimum absolute atomic E-state index is 0.144. The first-order chi connectivity index (χ1) is 14.9. The number of hydrogen-bond donors (Lipinski definition) is 1. The first-order valence-corrected chi connectivity index (χ1v) is 12.8. The van der Waals surface area contributed by atoms with Crippen molar-refractivity contribution in [2.45, 2.75) is 77.7 Å². The molecule has 0 aliphatic rings. The third-order valence-corrected chi connectivity index (χ3v) is 7.07. The van der Waals surface area contributed by atoms with Gasteiger partial charge in [0, 0.05) is 23.9 Å². The predicted molar refractivity (Wildman–Crippen MR) is 138 cm³/mol. The predicted octanol–water partition coefficient (Wildman–Crippen LogP) is 6.27. The lowest BCUT2D eigenvalue weighted by Gasteiger charge is -2.27. The second-order valence-electron chi connectivity index (χ2n) is 8.24. The summed E-state index contributed by atoms with van der Waals surface area (Å²) in [6, 6.07) is 6.48. The van der Waals surface area contributed by atoms with Crippen molar-refractivity contribution in [3.05, 3.63) is 35.9 Å². The number of hydrogen-bond acceptors (Lipinski definition) is 4. The van der Waals surface area contributed by atoms with Crippen molar-refractivity contribution in [3.63, 3.8) is 0 Å². The van der Waals surface area contributed by atoms with Gasteiger partial charge < -0.3 is 5.32 Å². The van der Waals surface area contributed by atoms with Crippen molar-refractivity contribution >= 4 is 30.1 Å². The molecule has 31 heavy (non-hydrogen) atoms. The molecule has 0 spiro atoms. The highest BCUT2D eigenvalue weighted by Gasteiger charge is 2.19. The third-order valence-electron chi connectivity index (χ3n) is 5.94. The van der Waals surface area contributed by atoms with Gasteiger partial charge in [0.2, 0.25) is 5.91 Å². The van der Waals surface area contributed by atoms with Crippen LogP contribution in [0.1, 0.15) is 65.9 Å². The Bertz CT molecular complexity index is 700. The van der Waals surface area contributed by atoms with Crippen LogP contribution in [0, 0.1) is 5.92 Å². The first-order valence-electron chi connectivity index (χ1n) is 11.8. The number of nitrogens with one attached hydrogen (secondary N) is 1. The molecule has 2 unspecified atom stereocenters. The Morgan fingerprint density at radius 1 is 1.23 bits per heavy atom. The van der Waals surface area contributed by atoms with E-state index < -0.39 is 0 Å². The molecule has 5 heteroatoms. The number of nitrogens with zero attached hydrogens (tertiary/aromatic N) is 2. The van der Waals surface area contributed by atoms with Gasteiger partial charge in [-0.1, -0.05) is 59.3 Å². The fourth-order valence-electron chi connectivity index (χ4n) is 3.54. The van der Waals surface area contributed by atoms with Crippen LogP contribution in [0.4, 0.5) is 5.69 Å². The summed E-state index contributed by atoms with van der Waals surface area (Å²) in [4.78, 5) is 20.3. The number of aliphatic imine (C=N–C) groups is 1. The molecule has 0 saturated heterocycles. The van der Waals surface area contributed by atoms with Crippen molar-refractivity contribution in [2.24, 2.45) is 10.9 Å². The molecule has 0 aromatic heterocycles. The van der Waals surface area contributed by atoms with Crippen LogP contribution in [-0.2, 0) is 11.2 Å². The van der Waals surface area contributed by atoms with Crippen LogP contribution in [0.2, 0.25) is 0 Å². The number of carbonyl (C=O) groups is 1. The molecular weight excluding hydrogens is 402 g/mol. The summed E-state index contributed by atoms with van der Waals surface area (Å²) in [6.07, 6.45) is 4.29. The summed E-state index contributed by atoms with van der Waals surface area (Å²) in [6.45, 7) is 21.8. The smallest absolute Gasteiger partial charge is 0.220 e. The highest BCUT2D eigenvalue weighted by molar-refractivity contribution is 7.99. The molecule has 1 aromatic rings. The van der Waals surface area contributed by atoms with Gasteiger partial charge in [-0.05, 0) is 68.4 Å². The standard InChI is InChI=1S/C26H43N3OS/c1-8-21(6)24(17-20(5)19-29(10-3)11-4)28-26(30)13-12-16-31-25-18-22(9-2)14-15-23(25)27-7/h14-15,18,21,24H,5,7-13,16-17,19H2,1-4,6H3,(H,28,30). The minimum Gasteiger partial charge on any atom is -0.353 e. The van der Waals surface area contributed by atoms with Crippen molar-refractivity contribution in [3.8, 4) is 0 Å². The van der Waals surface area contributed by atoms with Crippen molar-refractivity contribution in [2.75, 3.05) is 25.4 Å². The lowest BCUT2D eigenvalue weighted by molar-refractivity contribution is -0.122. The average Bonchev–Trinajstić information content (AvgIpc) is 2.78. The molecule has 0 aliphatic carbocycles. The van der Waals surface area contributed by atoms with Crippen molar-refractivity contribution in [1.82, 2.24) is 10.2 Å². The Labute approximate surface area is 195 Å². The molecule has 0 fully saturated rings. The second kappa shape index (κ2) is 15.3. The van der Waals surface area contributed by atoms with Crippen LogP contribution in [0.25, 0.3) is 0 Å². The van der Waals surface area contributed by atoms with Gasteiger partial charge in [-0.25, -0.2) is 0 Å². The highest BCUT2D eigenvalue weighted by atomic mass is 32.2. The molecule has 174 valence electrons. The van der Waals surface area contributed by atoms with E-state index in [4.69, 9.17) is 0 Å². The Kier molecular flexibility index (Phi) is 13.5. The number of thioether (sulfide) groups is 1. The molecular formula is C26H43N3OS. The maximum atomic E-state index is 12.6. The third kappa shape index (κ3) is 10.0. The zero-order chi connectivity index (χ0) is 23.2. The maximum Gasteiger partial charge on any atom is 0.220 e. The van der Waals surface area contributed by atoms with E-state index in [1.807, 2.05) is 6.07 Å². The Morgan fingerprint density at radius 3 is 2.52 bits per heavy atom. The van der Waals surface area contributed by atoms with E-state index >= 15 is 0 Å². The van der Waals surface area contributed by atoms with Crippen LogP contribution in [0.15, 0.2) is 40.2 Å². The van der Waals surface area contributed by atoms with Gasteiger partial charge in [0.05, 0.1) is 5.69 Å². The van der Waals surface area contributed by atoms with Crippen LogP contribution in [0.3, 0.4) is 0 Å². The monoisotopic (exact) mass is 445 g/mol. The number of carbonyl (C=O) groups excluding carboxylic acids is 1. The maximum absolute atomic E-state index is 12.6. The zero-order valence-electron chi connectivity index (χ0n) is 20.4. The summed E-state index contributed by atoms with van der Waals surface area (Å²) in [5.74, 6) is 1.47. The van der Waals surface area contributed by atoms with Gasteiger partial charge >= 0.3 is 0 Å². The molecule has 2 atom stereocenters. The van der Waals surface area contributed by atoms with Crippen LogP contribution in [0.5, 0.6) is 0 Å². The van der Waals surface area contributed by atoms with E-state index in [-0.39, 0.29) is 11.9 Å². The van der Waals surface area contributed by atoms with Crippen LogP contribution >= 0.6 is 11.8 Å². The van der Waals surface area contributed by atoms with Crippen molar-refractivity contribution in [1.29, 1.82) is 0 Å². The number of benzene rings is 1.